The maximum Gasteiger partial charge on any atom is 0.277 e. The lowest BCUT2D eigenvalue weighted by atomic mass is 10.2. The summed E-state index contributed by atoms with van der Waals surface area (Å²) in [5, 5.41) is 2.26. The zero-order valence-corrected chi connectivity index (χ0v) is 8.92. The van der Waals surface area contributed by atoms with Crippen molar-refractivity contribution in [3.8, 4) is 0 Å². The number of likely N-dealkylation sites (N-methyl/N-ethyl adjacent to an activating group) is 1. The molecule has 2 N–H and O–H groups in total. The fourth-order valence-electron chi connectivity index (χ4n) is 0.968. The number of benzene rings is 1. The minimum Gasteiger partial charge on any atom is -0.357 e. The zero-order chi connectivity index (χ0) is 12.8. The Labute approximate surface area is 95.7 Å². The maximum absolute atomic E-state index is 13.1. The van der Waals surface area contributed by atoms with Crippen LogP contribution in [0.3, 0.4) is 0 Å². The van der Waals surface area contributed by atoms with Crippen LogP contribution in [0.15, 0.2) is 18.2 Å². The lowest BCUT2D eigenvalue weighted by Gasteiger charge is -2.05. The summed E-state index contributed by atoms with van der Waals surface area (Å²) in [5.74, 6) is -3.15. The van der Waals surface area contributed by atoms with E-state index in [-0.39, 0.29) is 5.56 Å². The lowest BCUT2D eigenvalue weighted by Crippen LogP contribution is -2.31. The predicted octanol–water partition coefficient (Wildman–Crippen LogP) is 0.372. The molecule has 0 aromatic heterocycles. The minimum atomic E-state index is -1.01. The molecule has 17 heavy (non-hydrogen) atoms. The number of halogens is 2. The third kappa shape index (κ3) is 3.80. The summed E-state index contributed by atoms with van der Waals surface area (Å²) in [6.45, 7) is -0.398. The Morgan fingerprint density at radius 3 is 2.65 bits per heavy atom. The molecule has 0 aliphatic heterocycles. The van der Waals surface area contributed by atoms with Crippen LogP contribution in [0.2, 0.25) is 0 Å². The van der Waals surface area contributed by atoms with Crippen LogP contribution in [-0.4, -0.2) is 25.5 Å². The summed E-state index contributed by atoms with van der Waals surface area (Å²) in [6.07, 6.45) is 0. The first-order valence-corrected chi connectivity index (χ1v) is 4.62. The topological polar surface area (TPSA) is 67.4 Å². The maximum atomic E-state index is 13.1. The molecule has 1 rings (SSSR count). The van der Waals surface area contributed by atoms with Crippen LogP contribution in [0.5, 0.6) is 0 Å². The van der Waals surface area contributed by atoms with E-state index in [4.69, 9.17) is 0 Å². The number of rotatable bonds is 4. The average molecular weight is 244 g/mol. The Morgan fingerprint density at radius 1 is 1.35 bits per heavy atom. The summed E-state index contributed by atoms with van der Waals surface area (Å²) in [7, 11) is 1.40. The molecule has 0 bridgehead atoms. The van der Waals surface area contributed by atoms with Crippen molar-refractivity contribution in [3.63, 3.8) is 0 Å². The van der Waals surface area contributed by atoms with Crippen LogP contribution in [0, 0.1) is 11.6 Å². The zero-order valence-electron chi connectivity index (χ0n) is 8.92. The van der Waals surface area contributed by atoms with Gasteiger partial charge in [0.05, 0.1) is 5.56 Å². The van der Waals surface area contributed by atoms with E-state index in [9.17, 15) is 18.4 Å². The van der Waals surface area contributed by atoms with E-state index in [0.29, 0.717) is 6.07 Å². The highest BCUT2D eigenvalue weighted by Gasteiger charge is 2.12. The summed E-state index contributed by atoms with van der Waals surface area (Å²) < 4.78 is 25.7. The van der Waals surface area contributed by atoms with E-state index >= 15 is 0 Å². The van der Waals surface area contributed by atoms with Crippen molar-refractivity contribution in [2.24, 2.45) is 0 Å². The van der Waals surface area contributed by atoms with Gasteiger partial charge in [0.15, 0.2) is 6.61 Å². The van der Waals surface area contributed by atoms with Crippen molar-refractivity contribution in [3.05, 3.63) is 35.4 Å². The number of hydrogen-bond acceptors (Lipinski definition) is 3. The van der Waals surface area contributed by atoms with Gasteiger partial charge in [0.1, 0.15) is 11.6 Å². The Kier molecular flexibility index (Phi) is 4.53. The first-order chi connectivity index (χ1) is 8.04. The van der Waals surface area contributed by atoms with Gasteiger partial charge in [-0.3, -0.25) is 14.4 Å². The van der Waals surface area contributed by atoms with Crippen molar-refractivity contribution < 1.29 is 23.2 Å². The molecule has 5 nitrogen and oxygen atoms in total. The molecule has 0 unspecified atom stereocenters. The van der Waals surface area contributed by atoms with Crippen LogP contribution in [-0.2, 0) is 9.63 Å². The fraction of sp³-hybridized carbons (Fsp3) is 0.200. The second kappa shape index (κ2) is 5.90. The molecule has 7 heteroatoms. The van der Waals surface area contributed by atoms with Gasteiger partial charge in [-0.2, -0.15) is 0 Å². The van der Waals surface area contributed by atoms with E-state index in [1.807, 2.05) is 5.48 Å². The van der Waals surface area contributed by atoms with Crippen molar-refractivity contribution in [1.82, 2.24) is 10.8 Å². The molecule has 0 fully saturated rings. The van der Waals surface area contributed by atoms with Gasteiger partial charge >= 0.3 is 0 Å². The Bertz CT molecular complexity index is 438. The molecule has 1 aromatic rings. The van der Waals surface area contributed by atoms with Gasteiger partial charge in [-0.1, -0.05) is 0 Å². The molecule has 0 saturated carbocycles. The molecular formula is C10H10F2N2O3. The summed E-state index contributed by atoms with van der Waals surface area (Å²) in [6, 6.07) is 2.49. The molecule has 0 spiro atoms. The molecular weight excluding hydrogens is 234 g/mol. The van der Waals surface area contributed by atoms with Gasteiger partial charge in [0.2, 0.25) is 5.91 Å². The molecule has 92 valence electrons. The standard InChI is InChI=1S/C10H10F2N2O3/c1-13-9(15)5-17-14-10(16)7-3-2-6(11)4-8(7)12/h2-4H,5H2,1H3,(H,13,15)(H,14,16). The minimum absolute atomic E-state index is 0.372. The van der Waals surface area contributed by atoms with E-state index < -0.39 is 30.1 Å². The van der Waals surface area contributed by atoms with E-state index in [1.54, 1.807) is 0 Å². The van der Waals surface area contributed by atoms with Crippen molar-refractivity contribution in [1.29, 1.82) is 0 Å². The number of carbonyl (C=O) groups excluding carboxylic acids is 2. The van der Waals surface area contributed by atoms with Crippen molar-refractivity contribution >= 4 is 11.8 Å². The number of hydrogen-bond donors (Lipinski definition) is 2. The number of carbonyl (C=O) groups is 2. The SMILES string of the molecule is CNC(=O)CONC(=O)c1ccc(F)cc1F. The highest BCUT2D eigenvalue weighted by molar-refractivity contribution is 5.93. The first kappa shape index (κ1) is 13.0. The summed E-state index contributed by atoms with van der Waals surface area (Å²) in [4.78, 5) is 26.6. The highest BCUT2D eigenvalue weighted by atomic mass is 19.1. The number of hydroxylamine groups is 1. The predicted molar refractivity (Wildman–Crippen MR) is 53.8 cm³/mol. The molecule has 0 aliphatic rings. The lowest BCUT2D eigenvalue weighted by molar-refractivity contribution is -0.126. The Hall–Kier alpha value is -2.02. The number of nitrogens with one attached hydrogen (secondary N) is 2. The van der Waals surface area contributed by atoms with Crippen LogP contribution in [0.25, 0.3) is 0 Å². The smallest absolute Gasteiger partial charge is 0.277 e. The quantitative estimate of drug-likeness (QED) is 0.752. The van der Waals surface area contributed by atoms with Crippen molar-refractivity contribution in [2.75, 3.05) is 13.7 Å². The van der Waals surface area contributed by atoms with Gasteiger partial charge < -0.3 is 5.32 Å². The van der Waals surface area contributed by atoms with Crippen LogP contribution in [0.4, 0.5) is 8.78 Å². The summed E-state index contributed by atoms with van der Waals surface area (Å²) >= 11 is 0. The second-order valence-corrected chi connectivity index (χ2v) is 3.02. The highest BCUT2D eigenvalue weighted by Crippen LogP contribution is 2.08. The van der Waals surface area contributed by atoms with Crippen LogP contribution < -0.4 is 10.8 Å². The molecule has 2 amide bonds. The molecule has 0 saturated heterocycles. The van der Waals surface area contributed by atoms with Gasteiger partial charge in [-0.15, -0.1) is 0 Å². The summed E-state index contributed by atoms with van der Waals surface area (Å²) in [5.41, 5.74) is 1.49. The van der Waals surface area contributed by atoms with Gasteiger partial charge in [0, 0.05) is 13.1 Å². The third-order valence-electron chi connectivity index (χ3n) is 1.82. The third-order valence-corrected chi connectivity index (χ3v) is 1.82. The van der Waals surface area contributed by atoms with Gasteiger partial charge in [-0.05, 0) is 12.1 Å². The van der Waals surface area contributed by atoms with E-state index in [1.165, 1.54) is 7.05 Å². The fourth-order valence-corrected chi connectivity index (χ4v) is 0.968. The molecule has 1 aromatic carbocycles. The van der Waals surface area contributed by atoms with Gasteiger partial charge in [0.25, 0.3) is 5.91 Å². The Morgan fingerprint density at radius 2 is 2.06 bits per heavy atom. The molecule has 0 atom stereocenters. The Balaban J connectivity index is 2.55. The monoisotopic (exact) mass is 244 g/mol. The molecule has 0 aliphatic carbocycles. The second-order valence-electron chi connectivity index (χ2n) is 3.02. The molecule has 0 heterocycles. The average Bonchev–Trinajstić information content (AvgIpc) is 2.28. The number of amides is 2. The largest absolute Gasteiger partial charge is 0.357 e. The van der Waals surface area contributed by atoms with Gasteiger partial charge in [-0.25, -0.2) is 14.3 Å². The van der Waals surface area contributed by atoms with E-state index in [2.05, 4.69) is 10.2 Å². The first-order valence-electron chi connectivity index (χ1n) is 4.62. The van der Waals surface area contributed by atoms with E-state index in [0.717, 1.165) is 12.1 Å². The van der Waals surface area contributed by atoms with Crippen molar-refractivity contribution in [2.45, 2.75) is 0 Å². The van der Waals surface area contributed by atoms with Crippen LogP contribution >= 0.6 is 0 Å². The molecule has 0 radical (unpaired) electrons. The normalized spacial score (nSPS) is 9.82. The van der Waals surface area contributed by atoms with Crippen LogP contribution in [0.1, 0.15) is 10.4 Å².